The Morgan fingerprint density at radius 1 is 1.22 bits per heavy atom. The van der Waals surface area contributed by atoms with Gasteiger partial charge in [0.2, 0.25) is 12.7 Å². The van der Waals surface area contributed by atoms with Gasteiger partial charge in [-0.05, 0) is 25.5 Å². The second kappa shape index (κ2) is 5.08. The first-order valence-corrected chi connectivity index (χ1v) is 5.76. The summed E-state index contributed by atoms with van der Waals surface area (Å²) >= 11 is 0. The molecule has 0 unspecified atom stereocenters. The minimum absolute atomic E-state index is 0.00700. The average Bonchev–Trinajstić information content (AvgIpc) is 2.74. The lowest BCUT2D eigenvalue weighted by Gasteiger charge is -2.09. The third kappa shape index (κ3) is 2.80. The fraction of sp³-hybridized carbons (Fsp3) is 0.385. The second-order valence-corrected chi connectivity index (χ2v) is 4.27. The lowest BCUT2D eigenvalue weighted by Crippen LogP contribution is -2.13. The molecule has 1 aliphatic rings. The summed E-state index contributed by atoms with van der Waals surface area (Å²) in [5, 5.41) is 2.77. The van der Waals surface area contributed by atoms with Gasteiger partial charge in [-0.15, -0.1) is 0 Å². The fourth-order valence-electron chi connectivity index (χ4n) is 1.68. The zero-order valence-electron chi connectivity index (χ0n) is 10.4. The number of ketones is 1. The summed E-state index contributed by atoms with van der Waals surface area (Å²) < 4.78 is 10.5. The normalized spacial score (nSPS) is 12.3. The van der Waals surface area contributed by atoms with Gasteiger partial charge in [-0.3, -0.25) is 4.79 Å². The van der Waals surface area contributed by atoms with Crippen LogP contribution in [0.2, 0.25) is 0 Å². The van der Waals surface area contributed by atoms with Crippen LogP contribution in [0.3, 0.4) is 0 Å². The van der Waals surface area contributed by atoms with Crippen molar-refractivity contribution in [2.75, 3.05) is 12.1 Å². The van der Waals surface area contributed by atoms with E-state index in [2.05, 4.69) is 5.32 Å². The Bertz CT molecular complexity index is 496. The van der Waals surface area contributed by atoms with Gasteiger partial charge >= 0.3 is 0 Å². The Kier molecular flexibility index (Phi) is 3.50. The van der Waals surface area contributed by atoms with Crippen LogP contribution in [0.1, 0.15) is 25.3 Å². The van der Waals surface area contributed by atoms with E-state index >= 15 is 0 Å². The van der Waals surface area contributed by atoms with Crippen molar-refractivity contribution in [1.29, 1.82) is 0 Å². The van der Waals surface area contributed by atoms with Gasteiger partial charge in [0.05, 0.1) is 0 Å². The van der Waals surface area contributed by atoms with Crippen molar-refractivity contribution in [2.24, 2.45) is 0 Å². The van der Waals surface area contributed by atoms with Gasteiger partial charge in [0, 0.05) is 24.6 Å². The molecule has 0 spiro atoms. The molecule has 0 saturated carbocycles. The minimum Gasteiger partial charge on any atom is -0.454 e. The molecule has 0 fully saturated rings. The lowest BCUT2D eigenvalue weighted by atomic mass is 10.1. The Balaban J connectivity index is 2.05. The number of ether oxygens (including phenoxy) is 2. The first-order chi connectivity index (χ1) is 8.56. The van der Waals surface area contributed by atoms with Gasteiger partial charge in [0.15, 0.2) is 11.5 Å². The van der Waals surface area contributed by atoms with E-state index in [1.165, 1.54) is 6.92 Å². The Morgan fingerprint density at radius 2 is 1.89 bits per heavy atom. The first-order valence-electron chi connectivity index (χ1n) is 5.76. The number of benzene rings is 1. The molecule has 0 saturated heterocycles. The summed E-state index contributed by atoms with van der Waals surface area (Å²) in [5.74, 6) is 1.15. The third-order valence-corrected chi connectivity index (χ3v) is 2.70. The summed E-state index contributed by atoms with van der Waals surface area (Å²) in [6, 6.07) is 3.56. The molecule has 1 heterocycles. The van der Waals surface area contributed by atoms with Crippen molar-refractivity contribution in [2.45, 2.75) is 26.7 Å². The quantitative estimate of drug-likeness (QED) is 0.886. The molecule has 1 aromatic rings. The summed E-state index contributed by atoms with van der Waals surface area (Å²) in [4.78, 5) is 22.4. The molecular formula is C13H15NO4. The Labute approximate surface area is 105 Å². The number of carbonyl (C=O) groups excluding carboxylic acids is 2. The molecule has 96 valence electrons. The summed E-state index contributed by atoms with van der Waals surface area (Å²) in [6.07, 6.45) is 0.457. The molecule has 18 heavy (non-hydrogen) atoms. The molecule has 2 rings (SSSR count). The van der Waals surface area contributed by atoms with E-state index < -0.39 is 0 Å². The maximum Gasteiger partial charge on any atom is 0.231 e. The predicted octanol–water partition coefficient (Wildman–Crippen LogP) is 2.03. The van der Waals surface area contributed by atoms with E-state index in [4.69, 9.17) is 9.47 Å². The molecule has 0 bridgehead atoms. The molecule has 5 nitrogen and oxygen atoms in total. The highest BCUT2D eigenvalue weighted by atomic mass is 16.7. The van der Waals surface area contributed by atoms with E-state index in [9.17, 15) is 9.59 Å². The van der Waals surface area contributed by atoms with Crippen molar-refractivity contribution in [3.8, 4) is 11.5 Å². The number of anilines is 1. The number of hydrogen-bond acceptors (Lipinski definition) is 4. The zero-order valence-corrected chi connectivity index (χ0v) is 10.4. The largest absolute Gasteiger partial charge is 0.454 e. The first kappa shape index (κ1) is 12.4. The number of amides is 1. The number of Topliss-reactive ketones (excluding diaryl/α,β-unsaturated/α-hetero) is 1. The number of rotatable bonds is 4. The van der Waals surface area contributed by atoms with E-state index in [1.54, 1.807) is 6.07 Å². The highest BCUT2D eigenvalue weighted by Gasteiger charge is 2.16. The van der Waals surface area contributed by atoms with Crippen LogP contribution in [0.15, 0.2) is 12.1 Å². The predicted molar refractivity (Wildman–Crippen MR) is 65.8 cm³/mol. The van der Waals surface area contributed by atoms with Gasteiger partial charge < -0.3 is 19.6 Å². The maximum absolute atomic E-state index is 11.6. The van der Waals surface area contributed by atoms with Crippen LogP contribution >= 0.6 is 0 Å². The fourth-order valence-corrected chi connectivity index (χ4v) is 1.68. The summed E-state index contributed by atoms with van der Waals surface area (Å²) in [5.41, 5.74) is 1.59. The van der Waals surface area contributed by atoms with Gasteiger partial charge in [0.25, 0.3) is 0 Å². The number of aryl methyl sites for hydroxylation is 1. The van der Waals surface area contributed by atoms with Gasteiger partial charge in [0.1, 0.15) is 5.78 Å². The number of nitrogens with one attached hydrogen (secondary N) is 1. The minimum atomic E-state index is -0.174. The average molecular weight is 249 g/mol. The SMILES string of the molecule is CC(=O)CCC(=O)Nc1cc2c(cc1C)OCO2. The summed E-state index contributed by atoms with van der Waals surface area (Å²) in [6.45, 7) is 3.55. The smallest absolute Gasteiger partial charge is 0.231 e. The van der Waals surface area contributed by atoms with E-state index in [-0.39, 0.29) is 31.3 Å². The maximum atomic E-state index is 11.6. The molecule has 1 amide bonds. The third-order valence-electron chi connectivity index (χ3n) is 2.70. The Morgan fingerprint density at radius 3 is 2.56 bits per heavy atom. The van der Waals surface area contributed by atoms with Gasteiger partial charge in [-0.1, -0.05) is 0 Å². The molecule has 0 radical (unpaired) electrons. The zero-order chi connectivity index (χ0) is 13.1. The van der Waals surface area contributed by atoms with Crippen LogP contribution in [0.25, 0.3) is 0 Å². The van der Waals surface area contributed by atoms with Crippen LogP contribution in [0, 0.1) is 6.92 Å². The van der Waals surface area contributed by atoms with Gasteiger partial charge in [-0.25, -0.2) is 0 Å². The van der Waals surface area contributed by atoms with E-state index in [0.717, 1.165) is 5.56 Å². The van der Waals surface area contributed by atoms with Crippen molar-refractivity contribution in [3.05, 3.63) is 17.7 Å². The highest BCUT2D eigenvalue weighted by Crippen LogP contribution is 2.36. The molecule has 1 aromatic carbocycles. The highest BCUT2D eigenvalue weighted by molar-refractivity contribution is 5.94. The number of fused-ring (bicyclic) bond motifs is 1. The summed E-state index contributed by atoms with van der Waals surface area (Å²) in [7, 11) is 0. The lowest BCUT2D eigenvalue weighted by molar-refractivity contribution is -0.121. The molecular weight excluding hydrogens is 234 g/mol. The molecule has 0 aliphatic carbocycles. The topological polar surface area (TPSA) is 64.6 Å². The molecule has 1 aliphatic heterocycles. The van der Waals surface area contributed by atoms with Crippen molar-refractivity contribution in [3.63, 3.8) is 0 Å². The van der Waals surface area contributed by atoms with Crippen LogP contribution in [-0.4, -0.2) is 18.5 Å². The van der Waals surface area contributed by atoms with Crippen LogP contribution in [-0.2, 0) is 9.59 Å². The molecule has 0 atom stereocenters. The second-order valence-electron chi connectivity index (χ2n) is 4.27. The number of carbonyl (C=O) groups is 2. The monoisotopic (exact) mass is 249 g/mol. The molecule has 1 N–H and O–H groups in total. The van der Waals surface area contributed by atoms with E-state index in [0.29, 0.717) is 17.2 Å². The van der Waals surface area contributed by atoms with Crippen LogP contribution in [0.5, 0.6) is 11.5 Å². The molecule has 0 aromatic heterocycles. The number of hydrogen-bond donors (Lipinski definition) is 1. The van der Waals surface area contributed by atoms with Crippen LogP contribution in [0.4, 0.5) is 5.69 Å². The van der Waals surface area contributed by atoms with Crippen molar-refractivity contribution >= 4 is 17.4 Å². The molecule has 5 heteroatoms. The van der Waals surface area contributed by atoms with Crippen molar-refractivity contribution < 1.29 is 19.1 Å². The van der Waals surface area contributed by atoms with Gasteiger partial charge in [-0.2, -0.15) is 0 Å². The van der Waals surface area contributed by atoms with Crippen molar-refractivity contribution in [1.82, 2.24) is 0 Å². The van der Waals surface area contributed by atoms with E-state index in [1.807, 2.05) is 13.0 Å². The Hall–Kier alpha value is -2.04. The van der Waals surface area contributed by atoms with Crippen LogP contribution < -0.4 is 14.8 Å². The standard InChI is InChI=1S/C13H15NO4/c1-8-5-11-12(18-7-17-11)6-10(8)14-13(16)4-3-9(2)15/h5-6H,3-4,7H2,1-2H3,(H,14,16).